The van der Waals surface area contributed by atoms with Gasteiger partial charge in [-0.1, -0.05) is 27.2 Å². The lowest BCUT2D eigenvalue weighted by molar-refractivity contribution is 0.222. The molecule has 106 valence electrons. The summed E-state index contributed by atoms with van der Waals surface area (Å²) in [6.07, 6.45) is 1.54. The zero-order valence-electron chi connectivity index (χ0n) is 10.9. The third-order valence-electron chi connectivity index (χ3n) is 2.41. The maximum absolute atomic E-state index is 12.1. The number of hydrogen-bond donors (Lipinski definition) is 1. The second kappa shape index (κ2) is 9.73. The van der Waals surface area contributed by atoms with Crippen molar-refractivity contribution in [3.63, 3.8) is 0 Å². The molecule has 7 heteroatoms. The fourth-order valence-corrected chi connectivity index (χ4v) is 2.48. The Hall–Kier alpha value is -0.270. The Morgan fingerprint density at radius 2 is 1.82 bits per heavy atom. The van der Waals surface area contributed by atoms with Crippen molar-refractivity contribution in [1.29, 1.82) is 0 Å². The number of hydrogen-bond acceptors (Lipinski definition) is 3. The molecule has 1 aliphatic heterocycles. The molecular weight excluding hydrogens is 252 g/mol. The van der Waals surface area contributed by atoms with Gasteiger partial charge in [0, 0.05) is 20.2 Å². The molecule has 4 nitrogen and oxygen atoms in total. The number of aliphatic hydroxyl groups is 1. The molecule has 1 N–H and O–H groups in total. The van der Waals surface area contributed by atoms with Crippen LogP contribution in [0.3, 0.4) is 0 Å². The number of nitrogens with zero attached hydrogens (tertiary/aromatic N) is 1. The molecule has 0 aromatic heterocycles. The molecule has 1 heterocycles. The smallest absolute Gasteiger partial charge is 0.350 e. The highest BCUT2D eigenvalue weighted by Gasteiger charge is 2.36. The molecule has 1 atom stereocenters. The average molecular weight is 275 g/mol. The highest BCUT2D eigenvalue weighted by atomic mass is 32.2. The van der Waals surface area contributed by atoms with Crippen molar-refractivity contribution in [3.8, 4) is 0 Å². The van der Waals surface area contributed by atoms with E-state index in [1.54, 1.807) is 0 Å². The standard InChI is InChI=1S/C7H13F2NO2S.C2H6.CH4O/c1-2-6-3-4-10(5-6)13(11,12)7(8)9;2*1-2/h6-7H,2-5H2,1H3;1-2H3;2H,1H3. The van der Waals surface area contributed by atoms with E-state index in [-0.39, 0.29) is 19.0 Å². The van der Waals surface area contributed by atoms with Gasteiger partial charge in [-0.25, -0.2) is 8.42 Å². The second-order valence-electron chi connectivity index (χ2n) is 3.23. The van der Waals surface area contributed by atoms with Crippen LogP contribution >= 0.6 is 0 Å². The normalized spacial score (nSPS) is 20.4. The number of sulfonamides is 1. The van der Waals surface area contributed by atoms with Crippen molar-refractivity contribution in [2.75, 3.05) is 20.2 Å². The zero-order valence-corrected chi connectivity index (χ0v) is 11.7. The van der Waals surface area contributed by atoms with Crippen LogP contribution in [0.15, 0.2) is 0 Å². The molecular formula is C10H23F2NO3S. The second-order valence-corrected chi connectivity index (χ2v) is 5.13. The fourth-order valence-electron chi connectivity index (χ4n) is 1.47. The lowest BCUT2D eigenvalue weighted by Gasteiger charge is -2.14. The predicted octanol–water partition coefficient (Wildman–Crippen LogP) is 1.91. The van der Waals surface area contributed by atoms with Gasteiger partial charge in [0.25, 0.3) is 10.0 Å². The molecule has 1 saturated heterocycles. The molecule has 1 aliphatic rings. The van der Waals surface area contributed by atoms with Crippen molar-refractivity contribution < 1.29 is 22.3 Å². The van der Waals surface area contributed by atoms with Gasteiger partial charge in [0.15, 0.2) is 0 Å². The van der Waals surface area contributed by atoms with Crippen LogP contribution in [-0.2, 0) is 10.0 Å². The molecule has 0 saturated carbocycles. The molecule has 0 radical (unpaired) electrons. The minimum Gasteiger partial charge on any atom is -0.400 e. The number of rotatable bonds is 3. The van der Waals surface area contributed by atoms with Gasteiger partial charge in [-0.05, 0) is 12.3 Å². The summed E-state index contributed by atoms with van der Waals surface area (Å²) in [5.41, 5.74) is 0. The van der Waals surface area contributed by atoms with E-state index < -0.39 is 15.8 Å². The molecule has 1 unspecified atom stereocenters. The Balaban J connectivity index is 0. The molecule has 17 heavy (non-hydrogen) atoms. The van der Waals surface area contributed by atoms with Gasteiger partial charge in [-0.15, -0.1) is 0 Å². The Bertz CT molecular complexity index is 271. The summed E-state index contributed by atoms with van der Waals surface area (Å²) in [4.78, 5) is 0. The van der Waals surface area contributed by atoms with Gasteiger partial charge in [0.1, 0.15) is 0 Å². The maximum atomic E-state index is 12.1. The largest absolute Gasteiger partial charge is 0.400 e. The van der Waals surface area contributed by atoms with Gasteiger partial charge in [-0.3, -0.25) is 0 Å². The van der Waals surface area contributed by atoms with Gasteiger partial charge in [0.05, 0.1) is 0 Å². The Labute approximate surface area is 103 Å². The predicted molar refractivity (Wildman–Crippen MR) is 64.4 cm³/mol. The third kappa shape index (κ3) is 5.74. The third-order valence-corrected chi connectivity index (χ3v) is 3.91. The number of alkyl halides is 2. The average Bonchev–Trinajstić information content (AvgIpc) is 2.83. The van der Waals surface area contributed by atoms with Gasteiger partial charge in [-0.2, -0.15) is 13.1 Å². The summed E-state index contributed by atoms with van der Waals surface area (Å²) in [6.45, 7) is 6.43. The van der Waals surface area contributed by atoms with Gasteiger partial charge >= 0.3 is 5.76 Å². The van der Waals surface area contributed by atoms with Gasteiger partial charge in [0.2, 0.25) is 0 Å². The first-order valence-electron chi connectivity index (χ1n) is 5.70. The molecule has 0 amide bonds. The van der Waals surface area contributed by atoms with Crippen molar-refractivity contribution in [2.24, 2.45) is 5.92 Å². The van der Waals surface area contributed by atoms with Crippen molar-refractivity contribution >= 4 is 10.0 Å². The van der Waals surface area contributed by atoms with Crippen molar-refractivity contribution in [3.05, 3.63) is 0 Å². The van der Waals surface area contributed by atoms with E-state index in [1.165, 1.54) is 0 Å². The SMILES string of the molecule is CC.CCC1CCN(S(=O)(=O)C(F)F)C1.CO. The Morgan fingerprint density at radius 1 is 1.35 bits per heavy atom. The van der Waals surface area contributed by atoms with Crippen LogP contribution in [0.1, 0.15) is 33.6 Å². The summed E-state index contributed by atoms with van der Waals surface area (Å²) >= 11 is 0. The maximum Gasteiger partial charge on any atom is 0.350 e. The highest BCUT2D eigenvalue weighted by molar-refractivity contribution is 7.89. The van der Waals surface area contributed by atoms with Crippen molar-refractivity contribution in [1.82, 2.24) is 4.31 Å². The molecule has 0 aromatic carbocycles. The summed E-state index contributed by atoms with van der Waals surface area (Å²) < 4.78 is 47.0. The molecule has 0 bridgehead atoms. The summed E-state index contributed by atoms with van der Waals surface area (Å²) in [6, 6.07) is 0. The van der Waals surface area contributed by atoms with E-state index in [0.29, 0.717) is 6.42 Å². The Morgan fingerprint density at radius 3 is 2.12 bits per heavy atom. The van der Waals surface area contributed by atoms with E-state index in [9.17, 15) is 17.2 Å². The van der Waals surface area contributed by atoms with Crippen LogP contribution < -0.4 is 0 Å². The van der Waals surface area contributed by atoms with E-state index in [0.717, 1.165) is 17.8 Å². The topological polar surface area (TPSA) is 57.6 Å². The Kier molecular flexibility index (Phi) is 10.9. The van der Waals surface area contributed by atoms with Crippen LogP contribution in [-0.4, -0.2) is 43.8 Å². The van der Waals surface area contributed by atoms with Gasteiger partial charge < -0.3 is 5.11 Å². The molecule has 0 aromatic rings. The van der Waals surface area contributed by atoms with Crippen LogP contribution in [0.5, 0.6) is 0 Å². The van der Waals surface area contributed by atoms with Crippen LogP contribution in [0.4, 0.5) is 8.78 Å². The molecule has 1 fully saturated rings. The van der Waals surface area contributed by atoms with E-state index in [1.807, 2.05) is 20.8 Å². The minimum absolute atomic E-state index is 0.241. The van der Waals surface area contributed by atoms with Crippen LogP contribution in [0, 0.1) is 5.92 Å². The molecule has 0 spiro atoms. The summed E-state index contributed by atoms with van der Waals surface area (Å²) in [5.74, 6) is -3.03. The zero-order chi connectivity index (χ0) is 14.1. The first kappa shape index (κ1) is 19.1. The minimum atomic E-state index is -4.32. The van der Waals surface area contributed by atoms with Crippen molar-refractivity contribution in [2.45, 2.75) is 39.4 Å². The van der Waals surface area contributed by atoms with E-state index in [4.69, 9.17) is 5.11 Å². The van der Waals surface area contributed by atoms with Crippen LogP contribution in [0.25, 0.3) is 0 Å². The lowest BCUT2D eigenvalue weighted by Crippen LogP contribution is -2.33. The fraction of sp³-hybridized carbons (Fsp3) is 1.00. The first-order valence-corrected chi connectivity index (χ1v) is 7.20. The number of halogens is 2. The van der Waals surface area contributed by atoms with Crippen LogP contribution in [0.2, 0.25) is 0 Å². The quantitative estimate of drug-likeness (QED) is 0.856. The first-order chi connectivity index (χ1) is 7.98. The summed E-state index contributed by atoms with van der Waals surface area (Å²) in [7, 11) is -3.32. The lowest BCUT2D eigenvalue weighted by atomic mass is 10.1. The van der Waals surface area contributed by atoms with E-state index >= 15 is 0 Å². The molecule has 0 aliphatic carbocycles. The number of aliphatic hydroxyl groups excluding tert-OH is 1. The highest BCUT2D eigenvalue weighted by Crippen LogP contribution is 2.24. The van der Waals surface area contributed by atoms with E-state index in [2.05, 4.69) is 0 Å². The monoisotopic (exact) mass is 275 g/mol. The summed E-state index contributed by atoms with van der Waals surface area (Å²) in [5, 5.41) is 7.00. The molecule has 1 rings (SSSR count).